The highest BCUT2D eigenvalue weighted by atomic mass is 16.6. The monoisotopic (exact) mass is 356 g/mol. The second kappa shape index (κ2) is 9.83. The second-order valence-corrected chi connectivity index (χ2v) is 5.23. The maximum absolute atomic E-state index is 12.3. The zero-order chi connectivity index (χ0) is 18.8. The topological polar surface area (TPSA) is 93.7 Å². The zero-order valence-corrected chi connectivity index (χ0v) is 14.3. The van der Waals surface area contributed by atoms with Crippen molar-refractivity contribution in [1.29, 1.82) is 0 Å². The minimum Gasteiger partial charge on any atom is -0.482 e. The number of imide groups is 1. The lowest BCUT2D eigenvalue weighted by Crippen LogP contribution is -2.42. The first-order chi connectivity index (χ1) is 12.6. The van der Waals surface area contributed by atoms with Gasteiger partial charge in [0.1, 0.15) is 5.75 Å². The first kappa shape index (κ1) is 19.0. The van der Waals surface area contributed by atoms with Gasteiger partial charge in [-0.1, -0.05) is 48.5 Å². The van der Waals surface area contributed by atoms with Gasteiger partial charge in [0, 0.05) is 12.1 Å². The van der Waals surface area contributed by atoms with Crippen molar-refractivity contribution in [2.24, 2.45) is 0 Å². The lowest BCUT2D eigenvalue weighted by Gasteiger charge is -2.18. The Morgan fingerprint density at radius 1 is 0.962 bits per heavy atom. The summed E-state index contributed by atoms with van der Waals surface area (Å²) in [7, 11) is 0. The van der Waals surface area contributed by atoms with E-state index in [0.717, 1.165) is 0 Å². The molecule has 0 aromatic heterocycles. The van der Waals surface area contributed by atoms with Gasteiger partial charge in [-0.25, -0.2) is 9.59 Å². The van der Waals surface area contributed by atoms with Crippen molar-refractivity contribution in [3.8, 4) is 5.75 Å². The van der Waals surface area contributed by atoms with Gasteiger partial charge in [0.05, 0.1) is 0 Å². The van der Waals surface area contributed by atoms with Gasteiger partial charge in [-0.05, 0) is 19.1 Å². The number of hydrogen-bond donors (Lipinski definition) is 2. The maximum atomic E-state index is 12.3. The zero-order valence-electron chi connectivity index (χ0n) is 14.3. The van der Waals surface area contributed by atoms with E-state index in [4.69, 9.17) is 9.47 Å². The summed E-state index contributed by atoms with van der Waals surface area (Å²) in [6.07, 6.45) is -1.26. The molecule has 0 spiro atoms. The molecule has 2 aromatic carbocycles. The van der Waals surface area contributed by atoms with E-state index in [1.54, 1.807) is 61.5 Å². The van der Waals surface area contributed by atoms with E-state index >= 15 is 0 Å². The molecule has 2 aromatic rings. The van der Waals surface area contributed by atoms with Crippen LogP contribution >= 0.6 is 0 Å². The Balaban J connectivity index is 2.02. The molecule has 136 valence electrons. The summed E-state index contributed by atoms with van der Waals surface area (Å²) in [6, 6.07) is 16.5. The third kappa shape index (κ3) is 5.94. The third-order valence-electron chi connectivity index (χ3n) is 3.26. The average molecular weight is 356 g/mol. The van der Waals surface area contributed by atoms with Gasteiger partial charge in [0.25, 0.3) is 5.91 Å². The highest BCUT2D eigenvalue weighted by Crippen LogP contribution is 2.18. The van der Waals surface area contributed by atoms with Crippen molar-refractivity contribution in [3.63, 3.8) is 0 Å². The van der Waals surface area contributed by atoms with Crippen molar-refractivity contribution >= 4 is 17.9 Å². The number of benzene rings is 2. The SMILES string of the molecule is CCNC(=O)NC(=O)[C@H](OC(=O)COc1ccccc1)c1ccccc1. The number of urea groups is 1. The van der Waals surface area contributed by atoms with Crippen LogP contribution in [-0.2, 0) is 14.3 Å². The van der Waals surface area contributed by atoms with Crippen LogP contribution in [-0.4, -0.2) is 31.1 Å². The van der Waals surface area contributed by atoms with E-state index in [9.17, 15) is 14.4 Å². The molecule has 0 bridgehead atoms. The number of para-hydroxylation sites is 1. The summed E-state index contributed by atoms with van der Waals surface area (Å²) >= 11 is 0. The Hall–Kier alpha value is -3.35. The molecule has 0 aliphatic carbocycles. The summed E-state index contributed by atoms with van der Waals surface area (Å²) in [6.45, 7) is 1.72. The van der Waals surface area contributed by atoms with E-state index < -0.39 is 24.0 Å². The molecule has 0 aliphatic rings. The Bertz CT molecular complexity index is 734. The number of nitrogens with one attached hydrogen (secondary N) is 2. The molecule has 0 fully saturated rings. The number of esters is 1. The molecule has 0 saturated heterocycles. The van der Waals surface area contributed by atoms with Crippen LogP contribution in [0.15, 0.2) is 60.7 Å². The van der Waals surface area contributed by atoms with Crippen LogP contribution in [0.25, 0.3) is 0 Å². The molecule has 0 aliphatic heterocycles. The lowest BCUT2D eigenvalue weighted by molar-refractivity contribution is -0.158. The van der Waals surface area contributed by atoms with Crippen molar-refractivity contribution in [2.45, 2.75) is 13.0 Å². The molecule has 7 heteroatoms. The number of carbonyl (C=O) groups excluding carboxylic acids is 3. The summed E-state index contributed by atoms with van der Waals surface area (Å²) < 4.78 is 10.6. The summed E-state index contributed by atoms with van der Waals surface area (Å²) in [5, 5.41) is 4.60. The highest BCUT2D eigenvalue weighted by molar-refractivity contribution is 5.97. The Morgan fingerprint density at radius 2 is 1.58 bits per heavy atom. The summed E-state index contributed by atoms with van der Waals surface area (Å²) in [5.74, 6) is -0.962. The van der Waals surface area contributed by atoms with E-state index in [1.165, 1.54) is 0 Å². The molecule has 2 rings (SSSR count). The highest BCUT2D eigenvalue weighted by Gasteiger charge is 2.26. The van der Waals surface area contributed by atoms with E-state index in [2.05, 4.69) is 10.6 Å². The van der Waals surface area contributed by atoms with Crippen molar-refractivity contribution < 1.29 is 23.9 Å². The van der Waals surface area contributed by atoms with Gasteiger partial charge in [-0.2, -0.15) is 0 Å². The minimum absolute atomic E-state index is 0.359. The van der Waals surface area contributed by atoms with Crippen LogP contribution in [0.1, 0.15) is 18.6 Å². The van der Waals surface area contributed by atoms with Crippen molar-refractivity contribution in [2.75, 3.05) is 13.2 Å². The number of carbonyl (C=O) groups is 3. The number of hydrogen-bond acceptors (Lipinski definition) is 5. The molecular weight excluding hydrogens is 336 g/mol. The number of rotatable bonds is 7. The van der Waals surface area contributed by atoms with E-state index in [-0.39, 0.29) is 6.61 Å². The molecule has 0 saturated carbocycles. The molecule has 0 unspecified atom stereocenters. The molecule has 1 atom stereocenters. The van der Waals surface area contributed by atoms with Gasteiger partial charge in [0.2, 0.25) is 6.10 Å². The molecule has 2 N–H and O–H groups in total. The Labute approximate surface area is 151 Å². The third-order valence-corrected chi connectivity index (χ3v) is 3.26. The molecule has 0 radical (unpaired) electrons. The minimum atomic E-state index is -1.26. The van der Waals surface area contributed by atoms with Gasteiger partial charge >= 0.3 is 12.0 Å². The molecule has 0 heterocycles. The summed E-state index contributed by atoms with van der Waals surface area (Å²) in [5.41, 5.74) is 0.447. The van der Waals surface area contributed by atoms with Crippen LogP contribution in [0, 0.1) is 0 Å². The van der Waals surface area contributed by atoms with E-state index in [0.29, 0.717) is 17.9 Å². The smallest absolute Gasteiger partial charge is 0.345 e. The Morgan fingerprint density at radius 3 is 2.19 bits per heavy atom. The maximum Gasteiger partial charge on any atom is 0.345 e. The van der Waals surface area contributed by atoms with E-state index in [1.807, 2.05) is 6.07 Å². The van der Waals surface area contributed by atoms with Gasteiger partial charge in [0.15, 0.2) is 6.61 Å². The number of ether oxygens (including phenoxy) is 2. The normalized spacial score (nSPS) is 11.1. The predicted octanol–water partition coefficient (Wildman–Crippen LogP) is 2.20. The standard InChI is InChI=1S/C19H20N2O5/c1-2-20-19(24)21-18(23)17(14-9-5-3-6-10-14)26-16(22)13-25-15-11-7-4-8-12-15/h3-12,17H,2,13H2,1H3,(H2,20,21,23,24)/t17-/m1/s1. The largest absolute Gasteiger partial charge is 0.482 e. The second-order valence-electron chi connectivity index (χ2n) is 5.23. The van der Waals surface area contributed by atoms with Gasteiger partial charge in [-0.3, -0.25) is 10.1 Å². The fourth-order valence-electron chi connectivity index (χ4n) is 2.11. The predicted molar refractivity (Wildman–Crippen MR) is 94.4 cm³/mol. The van der Waals surface area contributed by atoms with Crippen LogP contribution in [0.4, 0.5) is 4.79 Å². The van der Waals surface area contributed by atoms with Gasteiger partial charge in [-0.15, -0.1) is 0 Å². The average Bonchev–Trinajstić information content (AvgIpc) is 2.66. The lowest BCUT2D eigenvalue weighted by atomic mass is 10.1. The molecule has 26 heavy (non-hydrogen) atoms. The first-order valence-electron chi connectivity index (χ1n) is 8.11. The fraction of sp³-hybridized carbons (Fsp3) is 0.211. The number of amides is 3. The summed E-state index contributed by atoms with van der Waals surface area (Å²) in [4.78, 5) is 36.0. The van der Waals surface area contributed by atoms with Crippen molar-refractivity contribution in [1.82, 2.24) is 10.6 Å². The molecule has 3 amide bonds. The Kier molecular flexibility index (Phi) is 7.17. The fourth-order valence-corrected chi connectivity index (χ4v) is 2.11. The molecule has 7 nitrogen and oxygen atoms in total. The van der Waals surface area contributed by atoms with Crippen LogP contribution < -0.4 is 15.4 Å². The quantitative estimate of drug-likeness (QED) is 0.742. The van der Waals surface area contributed by atoms with Crippen molar-refractivity contribution in [3.05, 3.63) is 66.2 Å². The van der Waals surface area contributed by atoms with Crippen LogP contribution in [0.5, 0.6) is 5.75 Å². The van der Waals surface area contributed by atoms with Gasteiger partial charge < -0.3 is 14.8 Å². The first-order valence-corrected chi connectivity index (χ1v) is 8.11. The van der Waals surface area contributed by atoms with Crippen LogP contribution in [0.3, 0.4) is 0 Å². The van der Waals surface area contributed by atoms with Crippen LogP contribution in [0.2, 0.25) is 0 Å². The molecular formula is C19H20N2O5.